The Labute approximate surface area is 157 Å². The molecule has 1 saturated heterocycles. The Balaban J connectivity index is 1.70. The van der Waals surface area contributed by atoms with Gasteiger partial charge in [-0.25, -0.2) is 0 Å². The molecule has 2 aliphatic heterocycles. The Morgan fingerprint density at radius 1 is 1.33 bits per heavy atom. The van der Waals surface area contributed by atoms with E-state index in [2.05, 4.69) is 5.10 Å². The van der Waals surface area contributed by atoms with Gasteiger partial charge in [0, 0.05) is 31.6 Å². The quantitative estimate of drug-likeness (QED) is 0.897. The first-order valence-corrected chi connectivity index (χ1v) is 9.12. The summed E-state index contributed by atoms with van der Waals surface area (Å²) in [6.07, 6.45) is 0. The molecule has 1 amide bonds. The summed E-state index contributed by atoms with van der Waals surface area (Å²) in [4.78, 5) is 27.0. The number of likely N-dealkylation sites (tertiary alicyclic amines) is 1. The van der Waals surface area contributed by atoms with Crippen molar-refractivity contribution in [3.63, 3.8) is 0 Å². The first-order valence-electron chi connectivity index (χ1n) is 9.12. The van der Waals surface area contributed by atoms with E-state index in [1.54, 1.807) is 22.7 Å². The van der Waals surface area contributed by atoms with E-state index in [0.717, 1.165) is 11.3 Å². The average molecular weight is 369 g/mol. The standard InChI is InChI=1S/C20H23N3O4/c1-12(2)15-8-16(22(3)21-15)18(24)23-9-14-13-6-4-5-7-17(13)27-11-20(14,10-23)19(25)26/h4-8,12,14H,9-11H2,1-3H3,(H,25,26)/t14-,20-/m1/s1. The molecular formula is C20H23N3O4. The van der Waals surface area contributed by atoms with Crippen LogP contribution in [0.15, 0.2) is 30.3 Å². The van der Waals surface area contributed by atoms with Crippen LogP contribution in [0.5, 0.6) is 5.75 Å². The van der Waals surface area contributed by atoms with Crippen molar-refractivity contribution in [1.82, 2.24) is 14.7 Å². The number of rotatable bonds is 3. The third-order valence-electron chi connectivity index (χ3n) is 5.75. The molecule has 0 saturated carbocycles. The SMILES string of the molecule is CC(C)c1cc(C(=O)N2C[C@@H]3c4ccccc4OC[C@]3(C(=O)O)C2)n(C)n1. The van der Waals surface area contributed by atoms with Gasteiger partial charge in [0.25, 0.3) is 5.91 Å². The van der Waals surface area contributed by atoms with Crippen LogP contribution in [0.4, 0.5) is 0 Å². The number of amides is 1. The predicted octanol–water partition coefficient (Wildman–Crippen LogP) is 2.25. The van der Waals surface area contributed by atoms with Gasteiger partial charge in [-0.3, -0.25) is 14.3 Å². The molecule has 2 aliphatic rings. The predicted molar refractivity (Wildman–Crippen MR) is 97.9 cm³/mol. The maximum Gasteiger partial charge on any atom is 0.315 e. The van der Waals surface area contributed by atoms with Gasteiger partial charge in [-0.1, -0.05) is 32.0 Å². The fourth-order valence-corrected chi connectivity index (χ4v) is 4.13. The van der Waals surface area contributed by atoms with Crippen LogP contribution in [0.1, 0.15) is 47.4 Å². The number of ether oxygens (including phenoxy) is 1. The smallest absolute Gasteiger partial charge is 0.315 e. The largest absolute Gasteiger partial charge is 0.492 e. The third-order valence-corrected chi connectivity index (χ3v) is 5.75. The lowest BCUT2D eigenvalue weighted by atomic mass is 9.73. The summed E-state index contributed by atoms with van der Waals surface area (Å²) in [7, 11) is 1.74. The van der Waals surface area contributed by atoms with Gasteiger partial charge in [0.15, 0.2) is 0 Å². The monoisotopic (exact) mass is 369 g/mol. The Morgan fingerprint density at radius 2 is 2.07 bits per heavy atom. The second kappa shape index (κ2) is 6.11. The highest BCUT2D eigenvalue weighted by molar-refractivity contribution is 5.94. The molecule has 0 spiro atoms. The van der Waals surface area contributed by atoms with Crippen molar-refractivity contribution in [1.29, 1.82) is 0 Å². The first kappa shape index (κ1) is 17.6. The fourth-order valence-electron chi connectivity index (χ4n) is 4.13. The number of nitrogens with zero attached hydrogens (tertiary/aromatic N) is 3. The van der Waals surface area contributed by atoms with Crippen molar-refractivity contribution in [3.05, 3.63) is 47.3 Å². The lowest BCUT2D eigenvalue weighted by Crippen LogP contribution is -2.46. The minimum absolute atomic E-state index is 0.0659. The van der Waals surface area contributed by atoms with Gasteiger partial charge in [-0.2, -0.15) is 5.10 Å². The summed E-state index contributed by atoms with van der Waals surface area (Å²) in [5.74, 6) is -0.489. The van der Waals surface area contributed by atoms with E-state index in [1.165, 1.54) is 0 Å². The van der Waals surface area contributed by atoms with Gasteiger partial charge >= 0.3 is 5.97 Å². The van der Waals surface area contributed by atoms with Crippen molar-refractivity contribution < 1.29 is 19.4 Å². The summed E-state index contributed by atoms with van der Waals surface area (Å²) >= 11 is 0. The minimum atomic E-state index is -1.12. The fraction of sp³-hybridized carbons (Fsp3) is 0.450. The summed E-state index contributed by atoms with van der Waals surface area (Å²) in [6, 6.07) is 9.29. The molecule has 0 aliphatic carbocycles. The Hall–Kier alpha value is -2.83. The van der Waals surface area contributed by atoms with E-state index in [9.17, 15) is 14.7 Å². The number of aromatic nitrogens is 2. The summed E-state index contributed by atoms with van der Waals surface area (Å²) < 4.78 is 7.34. The van der Waals surface area contributed by atoms with Crippen LogP contribution in [0, 0.1) is 5.41 Å². The van der Waals surface area contributed by atoms with Gasteiger partial charge in [-0.15, -0.1) is 0 Å². The first-order chi connectivity index (χ1) is 12.8. The van der Waals surface area contributed by atoms with Crippen LogP contribution in [-0.4, -0.2) is 51.4 Å². The maximum atomic E-state index is 13.2. The Morgan fingerprint density at radius 3 is 2.74 bits per heavy atom. The molecule has 1 N–H and O–H groups in total. The van der Waals surface area contributed by atoms with Gasteiger partial charge in [-0.05, 0) is 18.1 Å². The lowest BCUT2D eigenvalue weighted by molar-refractivity contribution is -0.151. The summed E-state index contributed by atoms with van der Waals surface area (Å²) in [6.45, 7) is 4.59. The second-order valence-electron chi connectivity index (χ2n) is 7.76. The number of carbonyl (C=O) groups excluding carboxylic acids is 1. The van der Waals surface area contributed by atoms with Crippen LogP contribution in [0.2, 0.25) is 0 Å². The van der Waals surface area contributed by atoms with Crippen molar-refractivity contribution in [2.75, 3.05) is 19.7 Å². The number of hydrogen-bond donors (Lipinski definition) is 1. The normalized spacial score (nSPS) is 23.7. The number of carbonyl (C=O) groups is 2. The van der Waals surface area contributed by atoms with Crippen molar-refractivity contribution in [3.8, 4) is 5.75 Å². The zero-order valence-electron chi connectivity index (χ0n) is 15.7. The van der Waals surface area contributed by atoms with E-state index < -0.39 is 11.4 Å². The molecular weight excluding hydrogens is 346 g/mol. The van der Waals surface area contributed by atoms with Crippen LogP contribution in [-0.2, 0) is 11.8 Å². The number of para-hydroxylation sites is 1. The lowest BCUT2D eigenvalue weighted by Gasteiger charge is -2.35. The zero-order chi connectivity index (χ0) is 19.3. The highest BCUT2D eigenvalue weighted by atomic mass is 16.5. The number of aryl methyl sites for hydroxylation is 1. The molecule has 3 heterocycles. The van der Waals surface area contributed by atoms with Crippen molar-refractivity contribution >= 4 is 11.9 Å². The number of carboxylic acids is 1. The summed E-state index contributed by atoms with van der Waals surface area (Å²) in [5.41, 5.74) is 1.06. The van der Waals surface area contributed by atoms with Crippen molar-refractivity contribution in [2.24, 2.45) is 12.5 Å². The van der Waals surface area contributed by atoms with E-state index in [4.69, 9.17) is 4.74 Å². The Bertz CT molecular complexity index is 920. The molecule has 2 aromatic rings. The van der Waals surface area contributed by atoms with Crippen molar-refractivity contribution in [2.45, 2.75) is 25.7 Å². The van der Waals surface area contributed by atoms with Crippen LogP contribution >= 0.6 is 0 Å². The van der Waals surface area contributed by atoms with Crippen LogP contribution in [0.3, 0.4) is 0 Å². The van der Waals surface area contributed by atoms with E-state index in [1.807, 2.05) is 38.1 Å². The van der Waals surface area contributed by atoms with Crippen LogP contribution < -0.4 is 4.74 Å². The minimum Gasteiger partial charge on any atom is -0.492 e. The number of carboxylic acid groups (broad SMARTS) is 1. The molecule has 1 aromatic heterocycles. The van der Waals surface area contributed by atoms with Gasteiger partial charge < -0.3 is 14.7 Å². The topological polar surface area (TPSA) is 84.7 Å². The number of benzene rings is 1. The van der Waals surface area contributed by atoms with E-state index >= 15 is 0 Å². The van der Waals surface area contributed by atoms with Gasteiger partial charge in [0.2, 0.25) is 0 Å². The number of fused-ring (bicyclic) bond motifs is 3. The molecule has 0 bridgehead atoms. The molecule has 7 heteroatoms. The molecule has 1 aromatic carbocycles. The highest BCUT2D eigenvalue weighted by Gasteiger charge is 2.57. The molecule has 2 atom stereocenters. The maximum absolute atomic E-state index is 13.2. The number of aliphatic carboxylic acids is 1. The Kier molecular flexibility index (Phi) is 3.98. The molecule has 7 nitrogen and oxygen atoms in total. The molecule has 0 radical (unpaired) electrons. The van der Waals surface area contributed by atoms with E-state index in [0.29, 0.717) is 18.0 Å². The molecule has 0 unspecified atom stereocenters. The highest BCUT2D eigenvalue weighted by Crippen LogP contribution is 2.49. The second-order valence-corrected chi connectivity index (χ2v) is 7.76. The third kappa shape index (κ3) is 2.60. The van der Waals surface area contributed by atoms with Crippen LogP contribution in [0.25, 0.3) is 0 Å². The summed E-state index contributed by atoms with van der Waals surface area (Å²) in [5, 5.41) is 14.4. The molecule has 27 heavy (non-hydrogen) atoms. The van der Waals surface area contributed by atoms with Gasteiger partial charge in [0.1, 0.15) is 23.5 Å². The molecule has 4 rings (SSSR count). The van der Waals surface area contributed by atoms with Gasteiger partial charge in [0.05, 0.1) is 5.69 Å². The van der Waals surface area contributed by atoms with E-state index in [-0.39, 0.29) is 30.9 Å². The zero-order valence-corrected chi connectivity index (χ0v) is 15.7. The molecule has 142 valence electrons. The average Bonchev–Trinajstić information content (AvgIpc) is 3.23. The number of hydrogen-bond acceptors (Lipinski definition) is 4. The molecule has 1 fully saturated rings.